The van der Waals surface area contributed by atoms with E-state index < -0.39 is 10.4 Å². The van der Waals surface area contributed by atoms with Crippen LogP contribution in [0.1, 0.15) is 46.6 Å². The molecule has 8 heteroatoms. The molecule has 150 valence electrons. The van der Waals surface area contributed by atoms with Crippen LogP contribution in [0, 0.1) is 5.41 Å². The summed E-state index contributed by atoms with van der Waals surface area (Å²) < 4.78 is 36.6. The van der Waals surface area contributed by atoms with E-state index in [0.29, 0.717) is 16.7 Å². The lowest BCUT2D eigenvalue weighted by atomic mass is 9.72. The first-order valence-corrected chi connectivity index (χ1v) is 10.3. The van der Waals surface area contributed by atoms with Crippen LogP contribution in [0.25, 0.3) is 16.7 Å². The van der Waals surface area contributed by atoms with Gasteiger partial charge in [-0.25, -0.2) is 0 Å². The predicted molar refractivity (Wildman–Crippen MR) is 108 cm³/mol. The van der Waals surface area contributed by atoms with Gasteiger partial charge in [-0.05, 0) is 47.1 Å². The molecule has 0 aliphatic heterocycles. The zero-order chi connectivity index (χ0) is 20.7. The predicted octanol–water partition coefficient (Wildman–Crippen LogP) is 4.32. The lowest BCUT2D eigenvalue weighted by molar-refractivity contribution is 0.284. The summed E-state index contributed by atoms with van der Waals surface area (Å²) in [5.41, 5.74) is 2.58. The summed E-state index contributed by atoms with van der Waals surface area (Å²) in [5.74, 6) is -0.0434. The smallest absolute Gasteiger partial charge is 0.359 e. The molecule has 0 aliphatic rings. The Kier molecular flexibility index (Phi) is 4.97. The molecule has 2 aromatic carbocycles. The van der Waals surface area contributed by atoms with Crippen LogP contribution in [0.2, 0.25) is 0 Å². The summed E-state index contributed by atoms with van der Waals surface area (Å²) in [7, 11) is -4.68. The molecule has 0 fully saturated rings. The molecule has 3 rings (SSSR count). The second-order valence-corrected chi connectivity index (χ2v) is 9.82. The van der Waals surface area contributed by atoms with E-state index in [0.717, 1.165) is 12.0 Å². The Labute approximate surface area is 165 Å². The summed E-state index contributed by atoms with van der Waals surface area (Å²) in [6, 6.07) is 12.5. The van der Waals surface area contributed by atoms with Gasteiger partial charge in [0.1, 0.15) is 16.7 Å². The third kappa shape index (κ3) is 4.69. The van der Waals surface area contributed by atoms with E-state index in [1.54, 1.807) is 6.07 Å². The van der Waals surface area contributed by atoms with Crippen molar-refractivity contribution in [2.75, 3.05) is 0 Å². The molecule has 0 atom stereocenters. The average molecular weight is 404 g/mol. The highest BCUT2D eigenvalue weighted by molar-refractivity contribution is 7.81. The van der Waals surface area contributed by atoms with Gasteiger partial charge in [0.2, 0.25) is 0 Å². The normalized spacial score (nSPS) is 13.1. The molecular formula is C20H25N3O4S. The molecule has 0 saturated carbocycles. The van der Waals surface area contributed by atoms with Gasteiger partial charge in [0.05, 0.1) is 0 Å². The molecule has 0 spiro atoms. The molecule has 1 N–H and O–H groups in total. The van der Waals surface area contributed by atoms with Crippen LogP contribution in [0.5, 0.6) is 5.75 Å². The molecule has 0 saturated heterocycles. The maximum Gasteiger partial charge on any atom is 0.446 e. The first kappa shape index (κ1) is 20.3. The van der Waals surface area contributed by atoms with Crippen molar-refractivity contribution in [3.05, 3.63) is 48.0 Å². The highest BCUT2D eigenvalue weighted by Crippen LogP contribution is 2.38. The molecule has 7 nitrogen and oxygen atoms in total. The lowest BCUT2D eigenvalue weighted by Crippen LogP contribution is -2.25. The Morgan fingerprint density at radius 1 is 1.00 bits per heavy atom. The van der Waals surface area contributed by atoms with E-state index in [1.165, 1.54) is 10.9 Å². The molecule has 1 heterocycles. The summed E-state index contributed by atoms with van der Waals surface area (Å²) in [6.07, 6.45) is 0.909. The monoisotopic (exact) mass is 403 g/mol. The maximum atomic E-state index is 11.3. The van der Waals surface area contributed by atoms with Crippen molar-refractivity contribution >= 4 is 21.4 Å². The van der Waals surface area contributed by atoms with Gasteiger partial charge in [0.25, 0.3) is 0 Å². The highest BCUT2D eigenvalue weighted by atomic mass is 32.3. The number of nitrogens with zero attached hydrogens (tertiary/aromatic N) is 3. The summed E-state index contributed by atoms with van der Waals surface area (Å²) in [5, 5.41) is 8.84. The Balaban J connectivity index is 2.16. The first-order valence-electron chi connectivity index (χ1n) is 8.98. The van der Waals surface area contributed by atoms with Crippen molar-refractivity contribution < 1.29 is 17.2 Å². The SMILES string of the molecule is CC(C)(C)CC(C)(C)c1ccc(OS(=O)(=O)O)c(-n2nc3ccccc3n2)c1. The van der Waals surface area contributed by atoms with Gasteiger partial charge >= 0.3 is 10.4 Å². The van der Waals surface area contributed by atoms with Gasteiger partial charge in [-0.2, -0.15) is 8.42 Å². The molecule has 0 unspecified atom stereocenters. The van der Waals surface area contributed by atoms with Crippen molar-refractivity contribution in [3.63, 3.8) is 0 Å². The Hall–Kier alpha value is -2.45. The molecule has 0 radical (unpaired) electrons. The van der Waals surface area contributed by atoms with Gasteiger partial charge in [-0.1, -0.05) is 52.8 Å². The molecule has 3 aromatic rings. The second kappa shape index (κ2) is 6.86. The van der Waals surface area contributed by atoms with Crippen LogP contribution >= 0.6 is 0 Å². The first-order chi connectivity index (χ1) is 12.8. The van der Waals surface area contributed by atoms with Crippen LogP contribution in [0.15, 0.2) is 42.5 Å². The summed E-state index contributed by atoms with van der Waals surface area (Å²) in [6.45, 7) is 10.8. The average Bonchev–Trinajstić information content (AvgIpc) is 2.95. The van der Waals surface area contributed by atoms with Crippen molar-refractivity contribution in [3.8, 4) is 11.4 Å². The molecule has 0 aliphatic carbocycles. The summed E-state index contributed by atoms with van der Waals surface area (Å²) in [4.78, 5) is 1.34. The fourth-order valence-electron chi connectivity index (χ4n) is 3.67. The van der Waals surface area contributed by atoms with Crippen LogP contribution in [0.4, 0.5) is 0 Å². The highest BCUT2D eigenvalue weighted by Gasteiger charge is 2.29. The van der Waals surface area contributed by atoms with Crippen molar-refractivity contribution in [1.82, 2.24) is 15.0 Å². The van der Waals surface area contributed by atoms with Gasteiger partial charge < -0.3 is 4.18 Å². The van der Waals surface area contributed by atoms with E-state index in [2.05, 4.69) is 44.8 Å². The van der Waals surface area contributed by atoms with E-state index in [4.69, 9.17) is 8.74 Å². The fourth-order valence-corrected chi connectivity index (χ4v) is 4.04. The third-order valence-electron chi connectivity index (χ3n) is 4.41. The van der Waals surface area contributed by atoms with Crippen LogP contribution in [0.3, 0.4) is 0 Å². The minimum absolute atomic E-state index is 0.0434. The maximum absolute atomic E-state index is 11.3. The van der Waals surface area contributed by atoms with Crippen molar-refractivity contribution in [2.45, 2.75) is 46.5 Å². The Morgan fingerprint density at radius 2 is 1.57 bits per heavy atom. The van der Waals surface area contributed by atoms with Crippen LogP contribution in [-0.4, -0.2) is 28.0 Å². The molecule has 0 bridgehead atoms. The van der Waals surface area contributed by atoms with Crippen LogP contribution in [-0.2, 0) is 15.8 Å². The fraction of sp³-hybridized carbons (Fsp3) is 0.400. The van der Waals surface area contributed by atoms with E-state index in [1.807, 2.05) is 30.3 Å². The minimum atomic E-state index is -4.68. The van der Waals surface area contributed by atoms with Gasteiger partial charge in [0.15, 0.2) is 5.75 Å². The Bertz CT molecular complexity index is 1080. The largest absolute Gasteiger partial charge is 0.446 e. The number of fused-ring (bicyclic) bond motifs is 1. The van der Waals surface area contributed by atoms with Crippen LogP contribution < -0.4 is 4.18 Å². The van der Waals surface area contributed by atoms with Gasteiger partial charge in [0, 0.05) is 0 Å². The number of rotatable bonds is 5. The number of hydrogen-bond acceptors (Lipinski definition) is 5. The van der Waals surface area contributed by atoms with Crippen molar-refractivity contribution in [2.24, 2.45) is 5.41 Å². The van der Waals surface area contributed by atoms with Gasteiger partial charge in [-0.15, -0.1) is 15.0 Å². The lowest BCUT2D eigenvalue weighted by Gasteiger charge is -2.33. The molecule has 1 aromatic heterocycles. The zero-order valence-corrected chi connectivity index (χ0v) is 17.5. The Morgan fingerprint density at radius 3 is 2.07 bits per heavy atom. The molecule has 0 amide bonds. The third-order valence-corrected chi connectivity index (χ3v) is 4.80. The molecule has 28 heavy (non-hydrogen) atoms. The summed E-state index contributed by atoms with van der Waals surface area (Å²) >= 11 is 0. The zero-order valence-electron chi connectivity index (χ0n) is 16.7. The van der Waals surface area contributed by atoms with E-state index >= 15 is 0 Å². The molecular weight excluding hydrogens is 378 g/mol. The van der Waals surface area contributed by atoms with E-state index in [-0.39, 0.29) is 16.6 Å². The number of aromatic nitrogens is 3. The quantitative estimate of drug-likeness (QED) is 0.638. The standard InChI is InChI=1S/C20H25N3O4S/c1-19(2,3)13-20(4,5)14-10-11-18(27-28(24,25)26)17(12-14)23-21-15-8-6-7-9-16(15)22-23/h6-12H,13H2,1-5H3,(H,24,25,26). The van der Waals surface area contributed by atoms with Crippen molar-refractivity contribution in [1.29, 1.82) is 0 Å². The van der Waals surface area contributed by atoms with Gasteiger partial charge in [-0.3, -0.25) is 4.55 Å². The topological polar surface area (TPSA) is 94.3 Å². The minimum Gasteiger partial charge on any atom is -0.359 e. The second-order valence-electron chi connectivity index (χ2n) is 8.79. The van der Waals surface area contributed by atoms with E-state index in [9.17, 15) is 8.42 Å². The number of benzene rings is 2. The number of hydrogen-bond donors (Lipinski definition) is 1.